The van der Waals surface area contributed by atoms with Crippen molar-refractivity contribution in [1.82, 2.24) is 4.90 Å². The van der Waals surface area contributed by atoms with Gasteiger partial charge in [0.25, 0.3) is 0 Å². The van der Waals surface area contributed by atoms with Gasteiger partial charge in [-0.2, -0.15) is 0 Å². The third kappa shape index (κ3) is 3.81. The first-order chi connectivity index (χ1) is 12.7. The Morgan fingerprint density at radius 1 is 0.923 bits per heavy atom. The second-order valence-corrected chi connectivity index (χ2v) is 9.47. The van der Waals surface area contributed by atoms with Crippen LogP contribution in [0.2, 0.25) is 0 Å². The van der Waals surface area contributed by atoms with Gasteiger partial charge in [0.2, 0.25) is 0 Å². The van der Waals surface area contributed by atoms with E-state index in [0.29, 0.717) is 5.54 Å². The monoisotopic (exact) mass is 355 g/mol. The van der Waals surface area contributed by atoms with Crippen molar-refractivity contribution in [2.75, 3.05) is 13.7 Å². The summed E-state index contributed by atoms with van der Waals surface area (Å²) in [5.74, 6) is 4.04. The van der Waals surface area contributed by atoms with Crippen LogP contribution in [0.25, 0.3) is 0 Å². The van der Waals surface area contributed by atoms with E-state index in [2.05, 4.69) is 36.1 Å². The van der Waals surface area contributed by atoms with E-state index >= 15 is 0 Å². The zero-order chi connectivity index (χ0) is 18.0. The molecule has 4 bridgehead atoms. The minimum atomic E-state index is 0.515. The summed E-state index contributed by atoms with van der Waals surface area (Å²) >= 11 is 0. The summed E-state index contributed by atoms with van der Waals surface area (Å²) in [6.45, 7) is 4.73. The summed E-state index contributed by atoms with van der Waals surface area (Å²) in [6, 6.07) is 8.81. The van der Waals surface area contributed by atoms with Gasteiger partial charge in [-0.25, -0.2) is 0 Å². The molecule has 4 fully saturated rings. The van der Waals surface area contributed by atoms with E-state index < -0.39 is 0 Å². The van der Waals surface area contributed by atoms with Crippen molar-refractivity contribution in [3.05, 3.63) is 29.8 Å². The highest BCUT2D eigenvalue weighted by molar-refractivity contribution is 5.27. The molecular formula is C24H37NO. The molecule has 1 aromatic carbocycles. The fourth-order valence-corrected chi connectivity index (χ4v) is 6.62. The lowest BCUT2D eigenvalue weighted by molar-refractivity contribution is -0.0929. The van der Waals surface area contributed by atoms with Gasteiger partial charge in [0.15, 0.2) is 0 Å². The van der Waals surface area contributed by atoms with Gasteiger partial charge in [0, 0.05) is 12.1 Å². The normalized spacial score (nSPS) is 32.3. The van der Waals surface area contributed by atoms with Gasteiger partial charge in [0.1, 0.15) is 5.75 Å². The molecule has 1 aromatic rings. The van der Waals surface area contributed by atoms with Crippen LogP contribution in [0.4, 0.5) is 0 Å². The van der Waals surface area contributed by atoms with Crippen molar-refractivity contribution in [3.63, 3.8) is 0 Å². The third-order valence-electron chi connectivity index (χ3n) is 7.49. The molecule has 4 aliphatic carbocycles. The highest BCUT2D eigenvalue weighted by Gasteiger charge is 2.53. The lowest BCUT2D eigenvalue weighted by Crippen LogP contribution is -2.59. The molecule has 0 spiro atoms. The zero-order valence-electron chi connectivity index (χ0n) is 16.9. The number of nitrogens with zero attached hydrogens (tertiary/aromatic N) is 1. The van der Waals surface area contributed by atoms with Crippen LogP contribution in [0.5, 0.6) is 5.75 Å². The van der Waals surface area contributed by atoms with Crippen molar-refractivity contribution in [3.8, 4) is 5.75 Å². The van der Waals surface area contributed by atoms with Crippen molar-refractivity contribution in [2.24, 2.45) is 17.8 Å². The maximum absolute atomic E-state index is 5.35. The van der Waals surface area contributed by atoms with Gasteiger partial charge >= 0.3 is 0 Å². The Labute approximate surface area is 160 Å². The number of rotatable bonds is 9. The maximum Gasteiger partial charge on any atom is 0.118 e. The van der Waals surface area contributed by atoms with Crippen LogP contribution in [-0.4, -0.2) is 24.1 Å². The molecule has 4 saturated carbocycles. The highest BCUT2D eigenvalue weighted by atomic mass is 16.5. The first kappa shape index (κ1) is 18.3. The molecule has 0 unspecified atom stereocenters. The minimum absolute atomic E-state index is 0.515. The quantitative estimate of drug-likeness (QED) is 0.500. The summed E-state index contributed by atoms with van der Waals surface area (Å²) in [6.07, 6.45) is 14.5. The first-order valence-electron chi connectivity index (χ1n) is 11.1. The summed E-state index contributed by atoms with van der Waals surface area (Å²) in [7, 11) is 1.75. The van der Waals surface area contributed by atoms with E-state index in [-0.39, 0.29) is 0 Å². The molecule has 4 aliphatic rings. The molecule has 0 N–H and O–H groups in total. The first-order valence-corrected chi connectivity index (χ1v) is 11.1. The highest BCUT2D eigenvalue weighted by Crippen LogP contribution is 2.58. The molecular weight excluding hydrogens is 318 g/mol. The molecule has 2 nitrogen and oxygen atoms in total. The van der Waals surface area contributed by atoms with E-state index in [9.17, 15) is 0 Å². The van der Waals surface area contributed by atoms with E-state index in [0.717, 1.165) is 30.0 Å². The number of benzene rings is 1. The molecule has 0 aliphatic heterocycles. The van der Waals surface area contributed by atoms with Gasteiger partial charge in [-0.1, -0.05) is 38.3 Å². The average Bonchev–Trinajstić information content (AvgIpc) is 2.63. The molecule has 0 radical (unpaired) electrons. The van der Waals surface area contributed by atoms with Crippen LogP contribution in [0.3, 0.4) is 0 Å². The van der Waals surface area contributed by atoms with Crippen molar-refractivity contribution in [2.45, 2.75) is 83.2 Å². The van der Waals surface area contributed by atoms with Crippen LogP contribution in [0, 0.1) is 17.8 Å². The molecule has 26 heavy (non-hydrogen) atoms. The molecule has 2 heteroatoms. The Balaban J connectivity index is 1.50. The summed E-state index contributed by atoms with van der Waals surface area (Å²) in [5, 5.41) is 0. The minimum Gasteiger partial charge on any atom is -0.497 e. The van der Waals surface area contributed by atoms with Crippen molar-refractivity contribution in [1.29, 1.82) is 0 Å². The van der Waals surface area contributed by atoms with Crippen LogP contribution in [0.1, 0.15) is 76.7 Å². The molecule has 0 atom stereocenters. The Morgan fingerprint density at radius 3 is 2.08 bits per heavy atom. The summed E-state index contributed by atoms with van der Waals surface area (Å²) < 4.78 is 5.35. The van der Waals surface area contributed by atoms with Crippen molar-refractivity contribution < 1.29 is 4.74 Å². The molecule has 0 aromatic heterocycles. The number of unbranched alkanes of at least 4 members (excludes halogenated alkanes) is 3. The smallest absolute Gasteiger partial charge is 0.118 e. The lowest BCUT2D eigenvalue weighted by Gasteiger charge is -2.60. The second-order valence-electron chi connectivity index (χ2n) is 9.47. The Bertz CT molecular complexity index is 543. The topological polar surface area (TPSA) is 12.5 Å². The molecule has 0 saturated heterocycles. The average molecular weight is 356 g/mol. The Morgan fingerprint density at radius 2 is 1.54 bits per heavy atom. The summed E-state index contributed by atoms with van der Waals surface area (Å²) in [5.41, 5.74) is 1.97. The number of hydrogen-bond donors (Lipinski definition) is 0. The van der Waals surface area contributed by atoms with E-state index in [1.54, 1.807) is 7.11 Å². The van der Waals surface area contributed by atoms with Gasteiger partial charge in [-0.05, 0) is 86.9 Å². The SMILES string of the molecule is CCCCCCN(Cc1ccc(OC)cc1)C12CC3CC(CC(C3)C1)C2. The predicted octanol–water partition coefficient (Wildman–Crippen LogP) is 6.05. The van der Waals surface area contributed by atoms with Gasteiger partial charge < -0.3 is 4.74 Å². The maximum atomic E-state index is 5.35. The van der Waals surface area contributed by atoms with Crippen LogP contribution < -0.4 is 4.74 Å². The lowest BCUT2D eigenvalue weighted by atomic mass is 9.52. The Hall–Kier alpha value is -1.02. The third-order valence-corrected chi connectivity index (χ3v) is 7.49. The zero-order valence-corrected chi connectivity index (χ0v) is 16.9. The molecule has 0 heterocycles. The van der Waals surface area contributed by atoms with Crippen LogP contribution >= 0.6 is 0 Å². The Kier molecular flexibility index (Phi) is 5.59. The van der Waals surface area contributed by atoms with E-state index in [4.69, 9.17) is 4.74 Å². The van der Waals surface area contributed by atoms with Gasteiger partial charge in [0.05, 0.1) is 7.11 Å². The molecule has 0 amide bonds. The number of ether oxygens (including phenoxy) is 1. The summed E-state index contributed by atoms with van der Waals surface area (Å²) in [4.78, 5) is 2.93. The van der Waals surface area contributed by atoms with E-state index in [1.165, 1.54) is 76.3 Å². The molecule has 144 valence electrons. The van der Waals surface area contributed by atoms with Crippen LogP contribution in [0.15, 0.2) is 24.3 Å². The fourth-order valence-electron chi connectivity index (χ4n) is 6.62. The largest absolute Gasteiger partial charge is 0.497 e. The number of hydrogen-bond acceptors (Lipinski definition) is 2. The molecule has 5 rings (SSSR count). The van der Waals surface area contributed by atoms with Gasteiger partial charge in [-0.15, -0.1) is 0 Å². The fraction of sp³-hybridized carbons (Fsp3) is 0.750. The second kappa shape index (κ2) is 7.92. The predicted molar refractivity (Wildman–Crippen MR) is 108 cm³/mol. The van der Waals surface area contributed by atoms with Crippen LogP contribution in [-0.2, 0) is 6.54 Å². The standard InChI is InChI=1S/C24H37NO/c1-3-4-5-6-11-25(18-19-7-9-23(26-2)10-8-19)24-15-20-12-21(16-24)14-22(13-20)17-24/h7-10,20-22H,3-6,11-18H2,1-2H3. The van der Waals surface area contributed by atoms with Gasteiger partial charge in [-0.3, -0.25) is 4.90 Å². The van der Waals surface area contributed by atoms with Crippen molar-refractivity contribution >= 4 is 0 Å². The van der Waals surface area contributed by atoms with E-state index in [1.807, 2.05) is 0 Å². The number of methoxy groups -OCH3 is 1.